The van der Waals surface area contributed by atoms with Crippen LogP contribution in [-0.2, 0) is 22.6 Å². The molecule has 0 aliphatic heterocycles. The molecule has 0 bridgehead atoms. The zero-order chi connectivity index (χ0) is 20.6. The van der Waals surface area contributed by atoms with Crippen LogP contribution in [0.25, 0.3) is 0 Å². The summed E-state index contributed by atoms with van der Waals surface area (Å²) >= 11 is 5.35. The second-order valence-electron chi connectivity index (χ2n) is 6.92. The molecule has 1 unspecified atom stereocenters. The molecule has 0 heterocycles. The molecule has 0 N–H and O–H groups in total. The van der Waals surface area contributed by atoms with Crippen LogP contribution in [0.3, 0.4) is 0 Å². The van der Waals surface area contributed by atoms with Crippen LogP contribution < -0.4 is 0 Å². The van der Waals surface area contributed by atoms with E-state index in [1.807, 2.05) is 6.92 Å². The average molecular weight is 408 g/mol. The van der Waals surface area contributed by atoms with E-state index in [0.717, 1.165) is 11.1 Å². The maximum atomic E-state index is 11.4. The zero-order valence-electron chi connectivity index (χ0n) is 16.0. The maximum absolute atomic E-state index is 11.4. The molecule has 150 valence electrons. The number of nitro groups is 1. The first kappa shape index (κ1) is 21.7. The number of hydrogen-bond acceptors (Lipinski definition) is 5. The Hall–Kier alpha value is -2.64. The standard InChI is InChI=1S/C20H24ClN2O5/c1-16-3-5-17(6-4-16)13-23(2,11-12-27-20(24)28-15-21)14-18-7-9-19(10-8-18)22(25)26/h3-10H,11-15H2,1-2H3/q+1. The van der Waals surface area contributed by atoms with Gasteiger partial charge in [0.15, 0.2) is 6.07 Å². The Morgan fingerprint density at radius 3 is 2.07 bits per heavy atom. The van der Waals surface area contributed by atoms with E-state index in [0.29, 0.717) is 24.1 Å². The number of hydrogen-bond donors (Lipinski definition) is 0. The van der Waals surface area contributed by atoms with Crippen LogP contribution in [0.1, 0.15) is 16.7 Å². The average Bonchev–Trinajstić information content (AvgIpc) is 2.64. The highest BCUT2D eigenvalue weighted by atomic mass is 35.5. The van der Waals surface area contributed by atoms with Crippen LogP contribution in [0.15, 0.2) is 48.5 Å². The van der Waals surface area contributed by atoms with Gasteiger partial charge in [-0.1, -0.05) is 41.4 Å². The lowest BCUT2D eigenvalue weighted by atomic mass is 10.1. The van der Waals surface area contributed by atoms with E-state index in [2.05, 4.69) is 36.1 Å². The molecule has 0 fully saturated rings. The number of benzene rings is 2. The number of nitro benzene ring substituents is 1. The van der Waals surface area contributed by atoms with Crippen molar-refractivity contribution in [1.82, 2.24) is 0 Å². The Balaban J connectivity index is 2.12. The Morgan fingerprint density at radius 1 is 1.04 bits per heavy atom. The molecule has 1 atom stereocenters. The summed E-state index contributed by atoms with van der Waals surface area (Å²) in [6.45, 7) is 4.09. The van der Waals surface area contributed by atoms with Crippen molar-refractivity contribution < 1.29 is 23.7 Å². The summed E-state index contributed by atoms with van der Waals surface area (Å²) in [5.41, 5.74) is 3.35. The highest BCUT2D eigenvalue weighted by Gasteiger charge is 2.24. The van der Waals surface area contributed by atoms with Crippen molar-refractivity contribution in [1.29, 1.82) is 0 Å². The summed E-state index contributed by atoms with van der Waals surface area (Å²) < 4.78 is 10.2. The number of ether oxygens (including phenoxy) is 2. The van der Waals surface area contributed by atoms with Gasteiger partial charge in [-0.3, -0.25) is 10.1 Å². The van der Waals surface area contributed by atoms with Crippen LogP contribution in [0.2, 0.25) is 0 Å². The predicted molar refractivity (Wildman–Crippen MR) is 106 cm³/mol. The number of aryl methyl sites for hydroxylation is 1. The maximum Gasteiger partial charge on any atom is 0.509 e. The molecule has 28 heavy (non-hydrogen) atoms. The Kier molecular flexibility index (Phi) is 7.78. The fourth-order valence-electron chi connectivity index (χ4n) is 2.95. The topological polar surface area (TPSA) is 78.7 Å². The van der Waals surface area contributed by atoms with Crippen LogP contribution >= 0.6 is 11.6 Å². The predicted octanol–water partition coefficient (Wildman–Crippen LogP) is 4.40. The summed E-state index contributed by atoms with van der Waals surface area (Å²) in [5.74, 6) is 0. The van der Waals surface area contributed by atoms with Gasteiger partial charge >= 0.3 is 6.16 Å². The van der Waals surface area contributed by atoms with Gasteiger partial charge in [-0.15, -0.1) is 0 Å². The minimum absolute atomic E-state index is 0.0589. The molecule has 0 aliphatic carbocycles. The Morgan fingerprint density at radius 2 is 1.57 bits per heavy atom. The third kappa shape index (κ3) is 6.83. The van der Waals surface area contributed by atoms with Crippen LogP contribution in [-0.4, -0.2) is 41.8 Å². The molecule has 0 aromatic heterocycles. The van der Waals surface area contributed by atoms with E-state index < -0.39 is 11.1 Å². The molecule has 7 nitrogen and oxygen atoms in total. The molecule has 0 amide bonds. The number of rotatable bonds is 9. The summed E-state index contributed by atoms with van der Waals surface area (Å²) in [5, 5.41) is 10.9. The number of alkyl halides is 1. The van der Waals surface area contributed by atoms with Gasteiger partial charge in [0.1, 0.15) is 26.2 Å². The van der Waals surface area contributed by atoms with E-state index in [9.17, 15) is 14.9 Å². The smallest absolute Gasteiger partial charge is 0.428 e. The van der Waals surface area contributed by atoms with E-state index >= 15 is 0 Å². The molecule has 2 rings (SSSR count). The lowest BCUT2D eigenvalue weighted by Crippen LogP contribution is -2.45. The Labute approximate surface area is 169 Å². The molecular formula is C20H24ClN2O5+. The van der Waals surface area contributed by atoms with E-state index in [-0.39, 0.29) is 18.4 Å². The quantitative estimate of drug-likeness (QED) is 0.202. The molecular weight excluding hydrogens is 384 g/mol. The number of non-ortho nitro benzene ring substituents is 1. The molecule has 8 heteroatoms. The Bertz CT molecular complexity index is 795. The summed E-state index contributed by atoms with van der Waals surface area (Å²) in [6.07, 6.45) is -0.799. The first-order chi connectivity index (χ1) is 13.3. The first-order valence-electron chi connectivity index (χ1n) is 8.79. The van der Waals surface area contributed by atoms with Crippen molar-refractivity contribution in [3.63, 3.8) is 0 Å². The van der Waals surface area contributed by atoms with Gasteiger partial charge in [0, 0.05) is 23.3 Å². The molecule has 2 aromatic rings. The highest BCUT2D eigenvalue weighted by Crippen LogP contribution is 2.20. The summed E-state index contributed by atoms with van der Waals surface area (Å²) in [7, 11) is 2.05. The second kappa shape index (κ2) is 10.1. The van der Waals surface area contributed by atoms with Gasteiger partial charge in [0.2, 0.25) is 0 Å². The van der Waals surface area contributed by atoms with E-state index in [1.54, 1.807) is 12.1 Å². The molecule has 2 aromatic carbocycles. The highest BCUT2D eigenvalue weighted by molar-refractivity contribution is 6.17. The van der Waals surface area contributed by atoms with Crippen molar-refractivity contribution in [2.45, 2.75) is 20.0 Å². The number of carbonyl (C=O) groups excluding carboxylic acids is 1. The minimum atomic E-state index is -0.799. The fourth-order valence-corrected chi connectivity index (χ4v) is 3.04. The van der Waals surface area contributed by atoms with Crippen molar-refractivity contribution in [3.8, 4) is 0 Å². The molecule has 0 spiro atoms. The van der Waals surface area contributed by atoms with Crippen molar-refractivity contribution in [3.05, 3.63) is 75.3 Å². The molecule has 0 saturated carbocycles. The van der Waals surface area contributed by atoms with Crippen molar-refractivity contribution >= 4 is 23.4 Å². The van der Waals surface area contributed by atoms with Gasteiger partial charge in [0.05, 0.1) is 12.0 Å². The van der Waals surface area contributed by atoms with Gasteiger partial charge < -0.3 is 14.0 Å². The number of halogens is 1. The van der Waals surface area contributed by atoms with Crippen molar-refractivity contribution in [2.24, 2.45) is 0 Å². The molecule has 0 aliphatic rings. The normalized spacial score (nSPS) is 12.8. The second-order valence-corrected chi connectivity index (χ2v) is 7.14. The minimum Gasteiger partial charge on any atom is -0.428 e. The van der Waals surface area contributed by atoms with Gasteiger partial charge in [-0.2, -0.15) is 0 Å². The lowest BCUT2D eigenvalue weighted by Gasteiger charge is -2.34. The number of likely N-dealkylation sites (N-methyl/N-ethyl adjacent to an activating group) is 1. The third-order valence-electron chi connectivity index (χ3n) is 4.42. The van der Waals surface area contributed by atoms with Crippen LogP contribution in [0.4, 0.5) is 10.5 Å². The molecule has 0 radical (unpaired) electrons. The van der Waals surface area contributed by atoms with E-state index in [4.69, 9.17) is 16.3 Å². The van der Waals surface area contributed by atoms with Gasteiger partial charge in [0.25, 0.3) is 5.69 Å². The fraction of sp³-hybridized carbons (Fsp3) is 0.350. The number of carbonyl (C=O) groups is 1. The van der Waals surface area contributed by atoms with Crippen LogP contribution in [0, 0.1) is 17.0 Å². The third-order valence-corrected chi connectivity index (χ3v) is 4.53. The van der Waals surface area contributed by atoms with Crippen LogP contribution in [0.5, 0.6) is 0 Å². The zero-order valence-corrected chi connectivity index (χ0v) is 16.7. The monoisotopic (exact) mass is 407 g/mol. The van der Waals surface area contributed by atoms with E-state index in [1.165, 1.54) is 17.7 Å². The number of nitrogens with zero attached hydrogens (tertiary/aromatic N) is 2. The van der Waals surface area contributed by atoms with Gasteiger partial charge in [-0.05, 0) is 19.1 Å². The largest absolute Gasteiger partial charge is 0.509 e. The lowest BCUT2D eigenvalue weighted by molar-refractivity contribution is -0.935. The first-order valence-corrected chi connectivity index (χ1v) is 9.33. The number of quaternary nitrogens is 1. The summed E-state index contributed by atoms with van der Waals surface area (Å²) in [4.78, 5) is 21.8. The summed E-state index contributed by atoms with van der Waals surface area (Å²) in [6, 6.07) is 14.5. The molecule has 0 saturated heterocycles. The van der Waals surface area contributed by atoms with Crippen molar-refractivity contribution in [2.75, 3.05) is 26.3 Å². The SMILES string of the molecule is Cc1ccc(C[N+](C)(CCOC(=O)OCCl)Cc2ccc([N+](=O)[O-])cc2)cc1. The van der Waals surface area contributed by atoms with Gasteiger partial charge in [-0.25, -0.2) is 4.79 Å².